The predicted octanol–water partition coefficient (Wildman–Crippen LogP) is 2.61. The zero-order valence-electron chi connectivity index (χ0n) is 18.8. The zero-order valence-corrected chi connectivity index (χ0v) is 19.6. The van der Waals surface area contributed by atoms with E-state index >= 15 is 0 Å². The summed E-state index contributed by atoms with van der Waals surface area (Å²) in [6.07, 6.45) is 0.878. The highest BCUT2D eigenvalue weighted by Crippen LogP contribution is 2.19. The molecular formula is C23H31FN4O3S. The molecule has 0 radical (unpaired) electrons. The maximum Gasteiger partial charge on any atom is 0.242 e. The van der Waals surface area contributed by atoms with Gasteiger partial charge in [-0.05, 0) is 44.2 Å². The van der Waals surface area contributed by atoms with E-state index in [0.717, 1.165) is 30.4 Å². The van der Waals surface area contributed by atoms with Gasteiger partial charge in [-0.15, -0.1) is 0 Å². The first kappa shape index (κ1) is 24.3. The fourth-order valence-corrected chi connectivity index (χ4v) is 4.71. The fourth-order valence-electron chi connectivity index (χ4n) is 3.76. The average Bonchev–Trinajstić information content (AvgIpc) is 3.00. The first-order valence-electron chi connectivity index (χ1n) is 10.7. The quantitative estimate of drug-likeness (QED) is 0.685. The molecule has 0 bridgehead atoms. The van der Waals surface area contributed by atoms with Gasteiger partial charge in [-0.25, -0.2) is 17.1 Å². The van der Waals surface area contributed by atoms with E-state index in [0.29, 0.717) is 24.3 Å². The Morgan fingerprint density at radius 1 is 1.09 bits per heavy atom. The number of hydrogen-bond donors (Lipinski definition) is 1. The van der Waals surface area contributed by atoms with Crippen molar-refractivity contribution >= 4 is 21.6 Å². The Morgan fingerprint density at radius 2 is 1.84 bits per heavy atom. The number of sulfonamides is 1. The van der Waals surface area contributed by atoms with Crippen LogP contribution in [-0.2, 0) is 21.4 Å². The van der Waals surface area contributed by atoms with Crippen LogP contribution in [0.25, 0.3) is 0 Å². The molecule has 32 heavy (non-hydrogen) atoms. The number of carbonyl (C=O) groups is 1. The number of rotatable bonds is 7. The molecule has 1 saturated heterocycles. The van der Waals surface area contributed by atoms with Crippen molar-refractivity contribution in [1.82, 2.24) is 14.1 Å². The number of hydrogen-bond acceptors (Lipinski definition) is 5. The van der Waals surface area contributed by atoms with E-state index in [1.807, 2.05) is 13.0 Å². The monoisotopic (exact) mass is 462 g/mol. The topological polar surface area (TPSA) is 73.0 Å². The van der Waals surface area contributed by atoms with Gasteiger partial charge in [0.15, 0.2) is 0 Å². The molecule has 1 heterocycles. The number of nitrogens with one attached hydrogen (secondary N) is 1. The molecule has 2 aromatic rings. The number of halogens is 1. The maximum atomic E-state index is 14.0. The van der Waals surface area contributed by atoms with Crippen molar-refractivity contribution in [3.05, 3.63) is 59.9 Å². The molecular weight excluding hydrogens is 431 g/mol. The molecule has 1 aliphatic heterocycles. The highest BCUT2D eigenvalue weighted by Gasteiger charge is 2.25. The van der Waals surface area contributed by atoms with Crippen LogP contribution in [0.15, 0.2) is 53.4 Å². The van der Waals surface area contributed by atoms with Gasteiger partial charge in [-0.1, -0.05) is 24.3 Å². The highest BCUT2D eigenvalue weighted by atomic mass is 32.2. The number of benzene rings is 2. The predicted molar refractivity (Wildman–Crippen MR) is 123 cm³/mol. The number of carbonyl (C=O) groups excluding carboxylic acids is 1. The van der Waals surface area contributed by atoms with Crippen molar-refractivity contribution in [3.8, 4) is 0 Å². The second-order valence-electron chi connectivity index (χ2n) is 8.24. The van der Waals surface area contributed by atoms with Gasteiger partial charge in [0.25, 0.3) is 0 Å². The fraction of sp³-hybridized carbons (Fsp3) is 0.435. The van der Waals surface area contributed by atoms with Crippen molar-refractivity contribution in [2.24, 2.45) is 0 Å². The first-order valence-corrected chi connectivity index (χ1v) is 12.2. The molecule has 0 saturated carbocycles. The van der Waals surface area contributed by atoms with Crippen LogP contribution in [0.5, 0.6) is 0 Å². The highest BCUT2D eigenvalue weighted by molar-refractivity contribution is 7.89. The number of amides is 1. The molecule has 1 atom stereocenters. The Labute approximate surface area is 189 Å². The largest absolute Gasteiger partial charge is 0.325 e. The summed E-state index contributed by atoms with van der Waals surface area (Å²) in [4.78, 5) is 17.3. The van der Waals surface area contributed by atoms with Crippen LogP contribution in [0, 0.1) is 5.82 Å². The Kier molecular flexibility index (Phi) is 8.00. The lowest BCUT2D eigenvalue weighted by Gasteiger charge is -2.27. The SMILES string of the molecule is CC(C(=O)Nc1cccc(S(=O)(=O)N(C)C)c1)N1CCCN(Cc2ccccc2F)CC1. The van der Waals surface area contributed by atoms with Gasteiger partial charge in [0.05, 0.1) is 10.9 Å². The molecule has 1 unspecified atom stereocenters. The Hall–Kier alpha value is -2.33. The minimum atomic E-state index is -3.58. The van der Waals surface area contributed by atoms with E-state index in [-0.39, 0.29) is 22.7 Å². The van der Waals surface area contributed by atoms with E-state index in [9.17, 15) is 17.6 Å². The molecule has 174 valence electrons. The van der Waals surface area contributed by atoms with E-state index < -0.39 is 10.0 Å². The average molecular weight is 463 g/mol. The lowest BCUT2D eigenvalue weighted by molar-refractivity contribution is -0.120. The summed E-state index contributed by atoms with van der Waals surface area (Å²) in [5, 5.41) is 2.84. The van der Waals surface area contributed by atoms with Crippen molar-refractivity contribution in [3.63, 3.8) is 0 Å². The molecule has 1 aliphatic rings. The molecule has 2 aromatic carbocycles. The molecule has 0 spiro atoms. The van der Waals surface area contributed by atoms with E-state index in [1.54, 1.807) is 24.3 Å². The van der Waals surface area contributed by atoms with Crippen molar-refractivity contribution in [2.45, 2.75) is 30.8 Å². The van der Waals surface area contributed by atoms with Gasteiger partial charge < -0.3 is 5.32 Å². The van der Waals surface area contributed by atoms with Gasteiger partial charge in [0.1, 0.15) is 5.82 Å². The van der Waals surface area contributed by atoms with Crippen LogP contribution in [0.3, 0.4) is 0 Å². The second kappa shape index (κ2) is 10.5. The second-order valence-corrected chi connectivity index (χ2v) is 10.4. The summed E-state index contributed by atoms with van der Waals surface area (Å²) in [5.74, 6) is -0.383. The third kappa shape index (κ3) is 5.92. The Balaban J connectivity index is 1.60. The lowest BCUT2D eigenvalue weighted by atomic mass is 10.2. The zero-order chi connectivity index (χ0) is 23.3. The maximum absolute atomic E-state index is 14.0. The molecule has 7 nitrogen and oxygen atoms in total. The normalized spacial score (nSPS) is 17.2. The first-order chi connectivity index (χ1) is 15.2. The van der Waals surface area contributed by atoms with E-state index in [1.165, 1.54) is 32.3 Å². The molecule has 0 aliphatic carbocycles. The molecule has 3 rings (SSSR count). The summed E-state index contributed by atoms with van der Waals surface area (Å²) < 4.78 is 39.8. The Bertz CT molecular complexity index is 1050. The standard InChI is InChI=1S/C23H31FN4O3S/c1-18(23(29)25-20-9-6-10-21(16-20)32(30,31)26(2)3)28-13-7-12-27(14-15-28)17-19-8-4-5-11-22(19)24/h4-6,8-11,16,18H,7,12-15,17H2,1-3H3,(H,25,29). The lowest BCUT2D eigenvalue weighted by Crippen LogP contribution is -2.43. The summed E-state index contributed by atoms with van der Waals surface area (Å²) >= 11 is 0. The van der Waals surface area contributed by atoms with E-state index in [4.69, 9.17) is 0 Å². The molecule has 9 heteroatoms. The number of anilines is 1. The van der Waals surface area contributed by atoms with Crippen LogP contribution in [0.4, 0.5) is 10.1 Å². The van der Waals surface area contributed by atoms with Gasteiger partial charge in [-0.3, -0.25) is 14.6 Å². The van der Waals surface area contributed by atoms with Crippen molar-refractivity contribution < 1.29 is 17.6 Å². The summed E-state index contributed by atoms with van der Waals surface area (Å²) in [7, 11) is -0.637. The summed E-state index contributed by atoms with van der Waals surface area (Å²) in [5.41, 5.74) is 1.13. The van der Waals surface area contributed by atoms with E-state index in [2.05, 4.69) is 15.1 Å². The van der Waals surface area contributed by atoms with Crippen LogP contribution < -0.4 is 5.32 Å². The third-order valence-corrected chi connectivity index (χ3v) is 7.59. The van der Waals surface area contributed by atoms with Gasteiger partial charge in [0.2, 0.25) is 15.9 Å². The van der Waals surface area contributed by atoms with Crippen LogP contribution in [-0.4, -0.2) is 74.7 Å². The van der Waals surface area contributed by atoms with Gasteiger partial charge >= 0.3 is 0 Å². The minimum Gasteiger partial charge on any atom is -0.325 e. The third-order valence-electron chi connectivity index (χ3n) is 5.78. The smallest absolute Gasteiger partial charge is 0.242 e. The van der Waals surface area contributed by atoms with Crippen LogP contribution in [0.2, 0.25) is 0 Å². The van der Waals surface area contributed by atoms with Crippen molar-refractivity contribution in [1.29, 1.82) is 0 Å². The van der Waals surface area contributed by atoms with Crippen LogP contribution >= 0.6 is 0 Å². The summed E-state index contributed by atoms with van der Waals surface area (Å²) in [6, 6.07) is 12.7. The molecule has 1 N–H and O–H groups in total. The van der Waals surface area contributed by atoms with Gasteiger partial charge in [-0.2, -0.15) is 0 Å². The van der Waals surface area contributed by atoms with Crippen molar-refractivity contribution in [2.75, 3.05) is 45.6 Å². The van der Waals surface area contributed by atoms with Gasteiger partial charge in [0, 0.05) is 51.5 Å². The summed E-state index contributed by atoms with van der Waals surface area (Å²) in [6.45, 7) is 5.43. The molecule has 1 amide bonds. The Morgan fingerprint density at radius 3 is 2.56 bits per heavy atom. The minimum absolute atomic E-state index is 0.131. The molecule has 1 fully saturated rings. The number of nitrogens with zero attached hydrogens (tertiary/aromatic N) is 3. The molecule has 0 aromatic heterocycles. The van der Waals surface area contributed by atoms with Crippen LogP contribution in [0.1, 0.15) is 18.9 Å².